The summed E-state index contributed by atoms with van der Waals surface area (Å²) in [6, 6.07) is 12.9. The zero-order valence-electron chi connectivity index (χ0n) is 11.1. The molecule has 0 unspecified atom stereocenters. The molecule has 0 atom stereocenters. The number of fused-ring (bicyclic) bond motifs is 1. The molecule has 3 nitrogen and oxygen atoms in total. The molecule has 0 aliphatic rings. The minimum Gasteiger partial charge on any atom is -0.350 e. The Balaban J connectivity index is 2.39. The smallest absolute Gasteiger partial charge is 0.350 e. The molecule has 0 amide bonds. The number of aromatic nitrogens is 1. The zero-order valence-corrected chi connectivity index (χ0v) is 11.9. The number of alkyl halides is 3. The summed E-state index contributed by atoms with van der Waals surface area (Å²) >= 11 is 0. The van der Waals surface area contributed by atoms with Gasteiger partial charge < -0.3 is 4.98 Å². The van der Waals surface area contributed by atoms with Gasteiger partial charge in [0.2, 0.25) is 9.84 Å². The van der Waals surface area contributed by atoms with E-state index in [9.17, 15) is 21.6 Å². The Hall–Kier alpha value is -2.28. The monoisotopic (exact) mass is 325 g/mol. The van der Waals surface area contributed by atoms with Crippen molar-refractivity contribution < 1.29 is 21.6 Å². The summed E-state index contributed by atoms with van der Waals surface area (Å²) in [5.41, 5.74) is -1.12. The molecule has 0 aliphatic carbocycles. The molecule has 0 radical (unpaired) electrons. The topological polar surface area (TPSA) is 49.9 Å². The average Bonchev–Trinajstić information content (AvgIpc) is 2.88. The highest BCUT2D eigenvalue weighted by molar-refractivity contribution is 7.91. The molecule has 0 saturated carbocycles. The maximum Gasteiger partial charge on any atom is 0.432 e. The van der Waals surface area contributed by atoms with Gasteiger partial charge in [0.25, 0.3) is 0 Å². The fourth-order valence-electron chi connectivity index (χ4n) is 2.31. The molecule has 0 spiro atoms. The summed E-state index contributed by atoms with van der Waals surface area (Å²) in [7, 11) is -4.29. The summed E-state index contributed by atoms with van der Waals surface area (Å²) in [5, 5.41) is 0.0266. The minimum atomic E-state index is -4.80. The van der Waals surface area contributed by atoms with Crippen LogP contribution in [0.5, 0.6) is 0 Å². The molecule has 2 aromatic carbocycles. The van der Waals surface area contributed by atoms with Crippen LogP contribution < -0.4 is 0 Å². The second kappa shape index (κ2) is 4.88. The maximum atomic E-state index is 13.2. The van der Waals surface area contributed by atoms with Gasteiger partial charge in [0.05, 0.1) is 4.90 Å². The maximum absolute atomic E-state index is 13.2. The van der Waals surface area contributed by atoms with E-state index in [1.807, 2.05) is 0 Å². The van der Waals surface area contributed by atoms with Gasteiger partial charge in [-0.2, -0.15) is 13.2 Å². The Morgan fingerprint density at radius 1 is 0.864 bits per heavy atom. The van der Waals surface area contributed by atoms with Gasteiger partial charge in [-0.15, -0.1) is 0 Å². The lowest BCUT2D eigenvalue weighted by molar-refractivity contribution is -0.142. The molecule has 114 valence electrons. The van der Waals surface area contributed by atoms with Gasteiger partial charge in [-0.3, -0.25) is 0 Å². The van der Waals surface area contributed by atoms with E-state index in [0.717, 1.165) is 0 Å². The van der Waals surface area contributed by atoms with Gasteiger partial charge in [0.1, 0.15) is 10.6 Å². The number of hydrogen-bond acceptors (Lipinski definition) is 2. The van der Waals surface area contributed by atoms with Crippen LogP contribution in [0.2, 0.25) is 0 Å². The van der Waals surface area contributed by atoms with Crippen LogP contribution in [0.15, 0.2) is 64.4 Å². The average molecular weight is 325 g/mol. The van der Waals surface area contributed by atoms with Crippen LogP contribution in [0.4, 0.5) is 13.2 Å². The lowest BCUT2D eigenvalue weighted by atomic mass is 10.2. The summed E-state index contributed by atoms with van der Waals surface area (Å²) in [6.45, 7) is 0. The third kappa shape index (κ3) is 2.27. The van der Waals surface area contributed by atoms with Crippen molar-refractivity contribution >= 4 is 20.7 Å². The first-order valence-corrected chi connectivity index (χ1v) is 7.78. The number of para-hydroxylation sites is 1. The van der Waals surface area contributed by atoms with Crippen molar-refractivity contribution in [3.63, 3.8) is 0 Å². The Kier molecular flexibility index (Phi) is 3.25. The summed E-state index contributed by atoms with van der Waals surface area (Å²) in [6.07, 6.45) is -4.80. The first-order valence-electron chi connectivity index (χ1n) is 6.30. The number of aromatic amines is 1. The Labute approximate surface area is 124 Å². The highest BCUT2D eigenvalue weighted by Crippen LogP contribution is 2.40. The quantitative estimate of drug-likeness (QED) is 0.773. The van der Waals surface area contributed by atoms with Crippen molar-refractivity contribution in [2.45, 2.75) is 16.0 Å². The van der Waals surface area contributed by atoms with E-state index >= 15 is 0 Å². The number of hydrogen-bond donors (Lipinski definition) is 1. The molecule has 1 aromatic heterocycles. The molecule has 0 saturated heterocycles. The largest absolute Gasteiger partial charge is 0.432 e. The van der Waals surface area contributed by atoms with Gasteiger partial charge >= 0.3 is 6.18 Å². The van der Waals surface area contributed by atoms with Gasteiger partial charge in [-0.25, -0.2) is 8.42 Å². The number of halogens is 3. The third-order valence-corrected chi connectivity index (χ3v) is 5.12. The van der Waals surface area contributed by atoms with Crippen LogP contribution in [0.1, 0.15) is 5.69 Å². The standard InChI is InChI=1S/C15H10F3NO2S/c16-15(17,18)14-13(11-8-4-5-9-12(11)19-14)22(20,21)10-6-2-1-3-7-10/h1-9,19H. The van der Waals surface area contributed by atoms with E-state index in [-0.39, 0.29) is 15.8 Å². The predicted octanol–water partition coefficient (Wildman–Crippen LogP) is 4.02. The molecule has 1 heterocycles. The van der Waals surface area contributed by atoms with E-state index in [4.69, 9.17) is 0 Å². The summed E-state index contributed by atoms with van der Waals surface area (Å²) in [4.78, 5) is 1.27. The van der Waals surface area contributed by atoms with Crippen LogP contribution in [0.3, 0.4) is 0 Å². The Morgan fingerprint density at radius 3 is 2.09 bits per heavy atom. The van der Waals surface area contributed by atoms with E-state index in [1.165, 1.54) is 48.5 Å². The molecule has 3 aromatic rings. The number of rotatable bonds is 2. The molecule has 0 aliphatic heterocycles. The molecule has 22 heavy (non-hydrogen) atoms. The van der Waals surface area contributed by atoms with Gasteiger partial charge in [0, 0.05) is 10.9 Å². The van der Waals surface area contributed by atoms with Crippen molar-refractivity contribution in [1.82, 2.24) is 4.98 Å². The lowest BCUT2D eigenvalue weighted by Crippen LogP contribution is -2.12. The number of benzene rings is 2. The predicted molar refractivity (Wildman–Crippen MR) is 75.2 cm³/mol. The van der Waals surface area contributed by atoms with Crippen LogP contribution in [0, 0.1) is 0 Å². The molecular formula is C15H10F3NO2S. The van der Waals surface area contributed by atoms with E-state index in [2.05, 4.69) is 4.98 Å². The first kappa shape index (κ1) is 14.6. The van der Waals surface area contributed by atoms with Gasteiger partial charge in [-0.1, -0.05) is 36.4 Å². The van der Waals surface area contributed by atoms with Gasteiger partial charge in [-0.05, 0) is 18.2 Å². The number of H-pyrrole nitrogens is 1. The zero-order chi connectivity index (χ0) is 16.0. The van der Waals surface area contributed by atoms with Crippen LogP contribution in [-0.4, -0.2) is 13.4 Å². The first-order chi connectivity index (χ1) is 10.3. The molecule has 3 rings (SSSR count). The number of sulfone groups is 1. The summed E-state index contributed by atoms with van der Waals surface area (Å²) < 4.78 is 65.0. The highest BCUT2D eigenvalue weighted by Gasteiger charge is 2.41. The molecular weight excluding hydrogens is 315 g/mol. The Bertz CT molecular complexity index is 928. The molecule has 1 N–H and O–H groups in total. The normalized spacial score (nSPS) is 12.7. The molecule has 0 bridgehead atoms. The summed E-state index contributed by atoms with van der Waals surface area (Å²) in [5.74, 6) is 0. The second-order valence-corrected chi connectivity index (χ2v) is 6.58. The molecule has 0 fully saturated rings. The van der Waals surface area contributed by atoms with Crippen molar-refractivity contribution in [1.29, 1.82) is 0 Å². The lowest BCUT2D eigenvalue weighted by Gasteiger charge is -2.09. The second-order valence-electron chi connectivity index (χ2n) is 4.69. The third-order valence-electron chi connectivity index (χ3n) is 3.26. The fraction of sp³-hybridized carbons (Fsp3) is 0.0667. The highest BCUT2D eigenvalue weighted by atomic mass is 32.2. The fourth-order valence-corrected chi connectivity index (χ4v) is 3.97. The Morgan fingerprint density at radius 2 is 1.45 bits per heavy atom. The van der Waals surface area contributed by atoms with Crippen LogP contribution in [-0.2, 0) is 16.0 Å². The van der Waals surface area contributed by atoms with E-state index in [0.29, 0.717) is 0 Å². The van der Waals surface area contributed by atoms with E-state index in [1.54, 1.807) is 6.07 Å². The van der Waals surface area contributed by atoms with Crippen molar-refractivity contribution in [2.24, 2.45) is 0 Å². The van der Waals surface area contributed by atoms with E-state index < -0.39 is 26.6 Å². The van der Waals surface area contributed by atoms with Crippen molar-refractivity contribution in [3.05, 3.63) is 60.3 Å². The molecule has 7 heteroatoms. The SMILES string of the molecule is O=S(=O)(c1ccccc1)c1c(C(F)(F)F)[nH]c2ccccc12. The van der Waals surface area contributed by atoms with Crippen LogP contribution in [0.25, 0.3) is 10.9 Å². The van der Waals surface area contributed by atoms with Crippen molar-refractivity contribution in [2.75, 3.05) is 0 Å². The minimum absolute atomic E-state index is 0.0266. The van der Waals surface area contributed by atoms with Crippen molar-refractivity contribution in [3.8, 4) is 0 Å². The van der Waals surface area contributed by atoms with Crippen LogP contribution >= 0.6 is 0 Å². The number of nitrogens with one attached hydrogen (secondary N) is 1. The van der Waals surface area contributed by atoms with Gasteiger partial charge in [0.15, 0.2) is 0 Å².